The van der Waals surface area contributed by atoms with Crippen LogP contribution in [0, 0.1) is 6.92 Å². The fourth-order valence-corrected chi connectivity index (χ4v) is 3.35. The second-order valence-corrected chi connectivity index (χ2v) is 6.64. The largest absolute Gasteiger partial charge is 0.398 e. The van der Waals surface area contributed by atoms with E-state index < -0.39 is 10.0 Å². The van der Waals surface area contributed by atoms with E-state index in [1.54, 1.807) is 30.3 Å². The summed E-state index contributed by atoms with van der Waals surface area (Å²) in [5.41, 5.74) is 7.63. The lowest BCUT2D eigenvalue weighted by atomic mass is 10.2. The molecule has 6 heteroatoms. The number of hydrogen-bond acceptors (Lipinski definition) is 3. The van der Waals surface area contributed by atoms with Crippen LogP contribution in [0.3, 0.4) is 0 Å². The van der Waals surface area contributed by atoms with Gasteiger partial charge in [-0.3, -0.25) is 4.72 Å². The van der Waals surface area contributed by atoms with Crippen molar-refractivity contribution in [3.8, 4) is 0 Å². The van der Waals surface area contributed by atoms with Crippen LogP contribution in [-0.2, 0) is 10.0 Å². The van der Waals surface area contributed by atoms with E-state index in [2.05, 4.69) is 20.7 Å². The van der Waals surface area contributed by atoms with Crippen LogP contribution in [-0.4, -0.2) is 8.42 Å². The van der Waals surface area contributed by atoms with Crippen molar-refractivity contribution in [2.45, 2.75) is 11.8 Å². The number of nitrogen functional groups attached to an aromatic ring is 1. The molecule has 0 saturated heterocycles. The smallest absolute Gasteiger partial charge is 0.261 e. The monoisotopic (exact) mass is 340 g/mol. The van der Waals surface area contributed by atoms with Gasteiger partial charge < -0.3 is 5.73 Å². The molecule has 0 amide bonds. The molecule has 3 N–H and O–H groups in total. The minimum absolute atomic E-state index is 0.209. The van der Waals surface area contributed by atoms with Gasteiger partial charge in [-0.15, -0.1) is 0 Å². The van der Waals surface area contributed by atoms with Crippen molar-refractivity contribution in [1.29, 1.82) is 0 Å². The Bertz CT molecular complexity index is 700. The van der Waals surface area contributed by atoms with Crippen LogP contribution in [0.4, 0.5) is 11.4 Å². The van der Waals surface area contributed by atoms with Crippen LogP contribution in [0.1, 0.15) is 5.56 Å². The maximum absolute atomic E-state index is 12.2. The molecule has 4 nitrogen and oxygen atoms in total. The minimum atomic E-state index is -3.60. The number of sulfonamides is 1. The second kappa shape index (κ2) is 5.22. The maximum Gasteiger partial charge on any atom is 0.261 e. The van der Waals surface area contributed by atoms with E-state index in [0.29, 0.717) is 15.8 Å². The van der Waals surface area contributed by atoms with Crippen molar-refractivity contribution in [3.05, 3.63) is 52.5 Å². The molecule has 0 aliphatic carbocycles. The van der Waals surface area contributed by atoms with Crippen LogP contribution in [0.5, 0.6) is 0 Å². The predicted molar refractivity (Wildman–Crippen MR) is 80.5 cm³/mol. The Kier molecular flexibility index (Phi) is 3.82. The van der Waals surface area contributed by atoms with Crippen molar-refractivity contribution in [2.24, 2.45) is 0 Å². The SMILES string of the molecule is Cc1cc(Br)c(NS(=O)(=O)c2ccccc2)cc1N. The quantitative estimate of drug-likeness (QED) is 0.843. The molecule has 0 unspecified atom stereocenters. The molecule has 2 rings (SSSR count). The Morgan fingerprint density at radius 2 is 1.79 bits per heavy atom. The summed E-state index contributed by atoms with van der Waals surface area (Å²) in [7, 11) is -3.60. The number of aryl methyl sites for hydroxylation is 1. The highest BCUT2D eigenvalue weighted by molar-refractivity contribution is 9.10. The molecule has 2 aromatic carbocycles. The number of rotatable bonds is 3. The average molecular weight is 341 g/mol. The van der Waals surface area contributed by atoms with Crippen molar-refractivity contribution in [1.82, 2.24) is 0 Å². The summed E-state index contributed by atoms with van der Waals surface area (Å²) >= 11 is 3.32. The minimum Gasteiger partial charge on any atom is -0.398 e. The van der Waals surface area contributed by atoms with Crippen molar-refractivity contribution in [2.75, 3.05) is 10.5 Å². The third kappa shape index (κ3) is 3.08. The van der Waals surface area contributed by atoms with E-state index in [4.69, 9.17) is 5.73 Å². The molecular weight excluding hydrogens is 328 g/mol. The summed E-state index contributed by atoms with van der Waals surface area (Å²) in [6, 6.07) is 11.6. The molecule has 0 atom stereocenters. The number of benzene rings is 2. The van der Waals surface area contributed by atoms with Crippen LogP contribution < -0.4 is 10.5 Å². The first kappa shape index (κ1) is 13.9. The highest BCUT2D eigenvalue weighted by Gasteiger charge is 2.15. The van der Waals surface area contributed by atoms with Gasteiger partial charge in [0.05, 0.1) is 10.6 Å². The summed E-state index contributed by atoms with van der Waals surface area (Å²) in [4.78, 5) is 0.209. The van der Waals surface area contributed by atoms with Gasteiger partial charge in [-0.25, -0.2) is 8.42 Å². The highest BCUT2D eigenvalue weighted by atomic mass is 79.9. The molecule has 0 bridgehead atoms. The first-order valence-electron chi connectivity index (χ1n) is 5.53. The van der Waals surface area contributed by atoms with E-state index >= 15 is 0 Å². The van der Waals surface area contributed by atoms with Crippen LogP contribution in [0.2, 0.25) is 0 Å². The Balaban J connectivity index is 2.39. The van der Waals surface area contributed by atoms with Gasteiger partial charge in [-0.1, -0.05) is 18.2 Å². The molecule has 100 valence electrons. The van der Waals surface area contributed by atoms with Gasteiger partial charge in [-0.05, 0) is 52.7 Å². The van der Waals surface area contributed by atoms with Gasteiger partial charge in [0.15, 0.2) is 0 Å². The third-order valence-electron chi connectivity index (χ3n) is 2.65. The van der Waals surface area contributed by atoms with Gasteiger partial charge in [0, 0.05) is 10.2 Å². The van der Waals surface area contributed by atoms with Crippen LogP contribution in [0.15, 0.2) is 51.8 Å². The molecule has 0 heterocycles. The van der Waals surface area contributed by atoms with Gasteiger partial charge >= 0.3 is 0 Å². The van der Waals surface area contributed by atoms with Crippen LogP contribution >= 0.6 is 15.9 Å². The van der Waals surface area contributed by atoms with Gasteiger partial charge in [-0.2, -0.15) is 0 Å². The van der Waals surface area contributed by atoms with Crippen LogP contribution in [0.25, 0.3) is 0 Å². The Morgan fingerprint density at radius 1 is 1.16 bits per heavy atom. The zero-order valence-electron chi connectivity index (χ0n) is 10.2. The summed E-state index contributed by atoms with van der Waals surface area (Å²) in [5, 5.41) is 0. The molecule has 0 saturated carbocycles. The first-order valence-corrected chi connectivity index (χ1v) is 7.81. The molecule has 0 fully saturated rings. The zero-order chi connectivity index (χ0) is 14.0. The molecule has 19 heavy (non-hydrogen) atoms. The number of halogens is 1. The number of hydrogen-bond donors (Lipinski definition) is 2. The Morgan fingerprint density at radius 3 is 2.42 bits per heavy atom. The number of nitrogens with two attached hydrogens (primary N) is 1. The summed E-state index contributed by atoms with van der Waals surface area (Å²) < 4.78 is 27.5. The van der Waals surface area contributed by atoms with Gasteiger partial charge in [0.1, 0.15) is 0 Å². The van der Waals surface area contributed by atoms with Crippen molar-refractivity contribution < 1.29 is 8.42 Å². The normalized spacial score (nSPS) is 11.3. The van der Waals surface area contributed by atoms with E-state index in [9.17, 15) is 8.42 Å². The fraction of sp³-hybridized carbons (Fsp3) is 0.0769. The second-order valence-electron chi connectivity index (χ2n) is 4.11. The maximum atomic E-state index is 12.2. The topological polar surface area (TPSA) is 72.2 Å². The zero-order valence-corrected chi connectivity index (χ0v) is 12.6. The van der Waals surface area contributed by atoms with E-state index in [0.717, 1.165) is 5.56 Å². The Labute approximate surface area is 120 Å². The molecule has 0 aromatic heterocycles. The molecule has 2 aromatic rings. The lowest BCUT2D eigenvalue weighted by Crippen LogP contribution is -2.13. The summed E-state index contributed by atoms with van der Waals surface area (Å²) in [5.74, 6) is 0. The standard InChI is InChI=1S/C13H13BrN2O2S/c1-9-7-11(14)13(8-12(9)15)16-19(17,18)10-5-3-2-4-6-10/h2-8,16H,15H2,1H3. The van der Waals surface area contributed by atoms with E-state index in [1.807, 2.05) is 6.92 Å². The van der Waals surface area contributed by atoms with Crippen molar-refractivity contribution in [3.63, 3.8) is 0 Å². The van der Waals surface area contributed by atoms with Gasteiger partial charge in [0.25, 0.3) is 10.0 Å². The summed E-state index contributed by atoms with van der Waals surface area (Å²) in [6.07, 6.45) is 0. The number of anilines is 2. The van der Waals surface area contributed by atoms with E-state index in [-0.39, 0.29) is 4.90 Å². The molecular formula is C13H13BrN2O2S. The fourth-order valence-electron chi connectivity index (χ4n) is 1.57. The van der Waals surface area contributed by atoms with E-state index in [1.165, 1.54) is 12.1 Å². The highest BCUT2D eigenvalue weighted by Crippen LogP contribution is 2.29. The molecule has 0 radical (unpaired) electrons. The predicted octanol–water partition coefficient (Wildman–Crippen LogP) is 3.14. The Hall–Kier alpha value is -1.53. The third-order valence-corrected chi connectivity index (χ3v) is 4.69. The molecule has 0 aliphatic rings. The molecule has 0 aliphatic heterocycles. The van der Waals surface area contributed by atoms with Crippen molar-refractivity contribution >= 4 is 37.3 Å². The lowest BCUT2D eigenvalue weighted by Gasteiger charge is -2.11. The van der Waals surface area contributed by atoms with Gasteiger partial charge in [0.2, 0.25) is 0 Å². The summed E-state index contributed by atoms with van der Waals surface area (Å²) in [6.45, 7) is 1.86. The molecule has 0 spiro atoms. The first-order chi connectivity index (χ1) is 8.90. The average Bonchev–Trinajstić information content (AvgIpc) is 2.37. The lowest BCUT2D eigenvalue weighted by molar-refractivity contribution is 0.601. The number of nitrogens with one attached hydrogen (secondary N) is 1.